The summed E-state index contributed by atoms with van der Waals surface area (Å²) in [6.45, 7) is 7.28. The summed E-state index contributed by atoms with van der Waals surface area (Å²) in [6.07, 6.45) is 8.31. The highest BCUT2D eigenvalue weighted by atomic mass is 16.6. The molecule has 0 radical (unpaired) electrons. The number of pyridine rings is 1. The first-order valence-electron chi connectivity index (χ1n) is 6.49. The number of terminal acetylenes is 1. The fourth-order valence-corrected chi connectivity index (χ4v) is 1.46. The van der Waals surface area contributed by atoms with E-state index in [2.05, 4.69) is 21.5 Å². The molecule has 0 saturated carbocycles. The van der Waals surface area contributed by atoms with Gasteiger partial charge in [0.1, 0.15) is 5.60 Å². The lowest BCUT2D eigenvalue weighted by atomic mass is 10.2. The van der Waals surface area contributed by atoms with Gasteiger partial charge in [0.25, 0.3) is 0 Å². The average Bonchev–Trinajstić information content (AvgIpc) is 2.36. The molecule has 1 aromatic rings. The van der Waals surface area contributed by atoms with Gasteiger partial charge in [-0.15, -0.1) is 6.42 Å². The minimum atomic E-state index is -0.473. The molecule has 0 spiro atoms. The van der Waals surface area contributed by atoms with Gasteiger partial charge in [-0.1, -0.05) is 5.92 Å². The maximum Gasteiger partial charge on any atom is 0.407 e. The van der Waals surface area contributed by atoms with E-state index in [4.69, 9.17) is 11.2 Å². The summed E-state index contributed by atoms with van der Waals surface area (Å²) in [7, 11) is 0. The van der Waals surface area contributed by atoms with Crippen LogP contribution in [0.3, 0.4) is 0 Å². The summed E-state index contributed by atoms with van der Waals surface area (Å²) in [4.78, 5) is 15.4. The SMILES string of the molecule is C#Cc1cncc(CNCCNC(=O)OC(C)(C)C)c1. The van der Waals surface area contributed by atoms with Gasteiger partial charge in [0.05, 0.1) is 0 Å². The van der Waals surface area contributed by atoms with Crippen molar-refractivity contribution in [3.05, 3.63) is 29.6 Å². The van der Waals surface area contributed by atoms with Gasteiger partial charge >= 0.3 is 6.09 Å². The number of hydrogen-bond acceptors (Lipinski definition) is 4. The molecular formula is C15H21N3O2. The highest BCUT2D eigenvalue weighted by Crippen LogP contribution is 2.06. The number of rotatable bonds is 5. The summed E-state index contributed by atoms with van der Waals surface area (Å²) < 4.78 is 5.12. The van der Waals surface area contributed by atoms with Crippen LogP contribution < -0.4 is 10.6 Å². The highest BCUT2D eigenvalue weighted by molar-refractivity contribution is 5.67. The molecule has 0 fully saturated rings. The molecule has 1 amide bonds. The lowest BCUT2D eigenvalue weighted by molar-refractivity contribution is 0.0528. The molecule has 1 rings (SSSR count). The number of hydrogen-bond donors (Lipinski definition) is 2. The Morgan fingerprint density at radius 2 is 2.15 bits per heavy atom. The molecule has 0 unspecified atom stereocenters. The lowest BCUT2D eigenvalue weighted by Crippen LogP contribution is -2.36. The van der Waals surface area contributed by atoms with E-state index >= 15 is 0 Å². The van der Waals surface area contributed by atoms with Gasteiger partial charge in [0.15, 0.2) is 0 Å². The maximum absolute atomic E-state index is 11.4. The number of carbonyl (C=O) groups excluding carboxylic acids is 1. The summed E-state index contributed by atoms with van der Waals surface area (Å²) in [6, 6.07) is 1.90. The molecule has 0 atom stereocenters. The van der Waals surface area contributed by atoms with E-state index in [1.807, 2.05) is 26.8 Å². The van der Waals surface area contributed by atoms with Crippen molar-refractivity contribution in [1.29, 1.82) is 0 Å². The fraction of sp³-hybridized carbons (Fsp3) is 0.467. The third-order valence-electron chi connectivity index (χ3n) is 2.26. The smallest absolute Gasteiger partial charge is 0.407 e. The Morgan fingerprint density at radius 3 is 2.80 bits per heavy atom. The summed E-state index contributed by atoms with van der Waals surface area (Å²) in [5, 5.41) is 5.87. The van der Waals surface area contributed by atoms with Gasteiger partial charge in [-0.25, -0.2) is 4.79 Å². The van der Waals surface area contributed by atoms with E-state index in [1.165, 1.54) is 0 Å². The second-order valence-corrected chi connectivity index (χ2v) is 5.33. The van der Waals surface area contributed by atoms with Crippen LogP contribution in [0.2, 0.25) is 0 Å². The summed E-state index contributed by atoms with van der Waals surface area (Å²) >= 11 is 0. The van der Waals surface area contributed by atoms with E-state index in [9.17, 15) is 4.79 Å². The van der Waals surface area contributed by atoms with Crippen LogP contribution in [0.15, 0.2) is 18.5 Å². The molecule has 0 bridgehead atoms. The maximum atomic E-state index is 11.4. The van der Waals surface area contributed by atoms with Crippen molar-refractivity contribution in [3.8, 4) is 12.3 Å². The highest BCUT2D eigenvalue weighted by Gasteiger charge is 2.15. The van der Waals surface area contributed by atoms with Gasteiger partial charge in [-0.05, 0) is 32.4 Å². The second-order valence-electron chi connectivity index (χ2n) is 5.33. The Bertz CT molecular complexity index is 487. The van der Waals surface area contributed by atoms with Crippen LogP contribution in [0.4, 0.5) is 4.79 Å². The quantitative estimate of drug-likeness (QED) is 0.634. The van der Waals surface area contributed by atoms with Crippen molar-refractivity contribution in [2.75, 3.05) is 13.1 Å². The van der Waals surface area contributed by atoms with Crippen LogP contribution >= 0.6 is 0 Å². The first-order valence-corrected chi connectivity index (χ1v) is 6.49. The van der Waals surface area contributed by atoms with Crippen LogP contribution in [0.5, 0.6) is 0 Å². The van der Waals surface area contributed by atoms with E-state index in [-0.39, 0.29) is 0 Å². The van der Waals surface area contributed by atoms with Crippen molar-refractivity contribution in [3.63, 3.8) is 0 Å². The van der Waals surface area contributed by atoms with Crippen molar-refractivity contribution in [2.45, 2.75) is 32.9 Å². The molecule has 108 valence electrons. The van der Waals surface area contributed by atoms with Crippen LogP contribution in [-0.4, -0.2) is 29.8 Å². The molecule has 0 aliphatic carbocycles. The molecule has 2 N–H and O–H groups in total. The van der Waals surface area contributed by atoms with Gasteiger partial charge in [0, 0.05) is 37.6 Å². The molecule has 0 aromatic carbocycles. The van der Waals surface area contributed by atoms with Crippen molar-refractivity contribution < 1.29 is 9.53 Å². The fourth-order valence-electron chi connectivity index (χ4n) is 1.46. The Labute approximate surface area is 120 Å². The van der Waals surface area contributed by atoms with E-state index in [0.29, 0.717) is 19.6 Å². The topological polar surface area (TPSA) is 63.2 Å². The molecule has 0 aliphatic rings. The van der Waals surface area contributed by atoms with Crippen LogP contribution in [0.1, 0.15) is 31.9 Å². The van der Waals surface area contributed by atoms with Crippen LogP contribution in [0.25, 0.3) is 0 Å². The Hall–Kier alpha value is -2.06. The molecular weight excluding hydrogens is 254 g/mol. The molecule has 5 nitrogen and oxygen atoms in total. The van der Waals surface area contributed by atoms with E-state index < -0.39 is 11.7 Å². The standard InChI is InChI=1S/C15H21N3O2/c1-5-12-8-13(11-17-9-12)10-16-6-7-18-14(19)20-15(2,3)4/h1,8-9,11,16H,6-7,10H2,2-4H3,(H,18,19). The van der Waals surface area contributed by atoms with Crippen LogP contribution in [-0.2, 0) is 11.3 Å². The first-order chi connectivity index (χ1) is 9.40. The lowest BCUT2D eigenvalue weighted by Gasteiger charge is -2.19. The number of carbonyl (C=O) groups is 1. The Kier molecular flexibility index (Phi) is 6.01. The van der Waals surface area contributed by atoms with Crippen molar-refractivity contribution >= 4 is 6.09 Å². The first kappa shape index (κ1) is 16.0. The van der Waals surface area contributed by atoms with Crippen molar-refractivity contribution in [2.24, 2.45) is 0 Å². The predicted octanol–water partition coefficient (Wildman–Crippen LogP) is 1.68. The predicted molar refractivity (Wildman–Crippen MR) is 78.1 cm³/mol. The normalized spacial score (nSPS) is 10.7. The van der Waals surface area contributed by atoms with E-state index in [0.717, 1.165) is 11.1 Å². The average molecular weight is 275 g/mol. The Balaban J connectivity index is 2.19. The Morgan fingerprint density at radius 1 is 1.40 bits per heavy atom. The number of ether oxygens (including phenoxy) is 1. The number of nitrogens with zero attached hydrogens (tertiary/aromatic N) is 1. The number of amides is 1. The summed E-state index contributed by atoms with van der Waals surface area (Å²) in [5.74, 6) is 2.54. The molecule has 0 aliphatic heterocycles. The second kappa shape index (κ2) is 7.51. The van der Waals surface area contributed by atoms with Gasteiger partial charge in [-0.3, -0.25) is 4.98 Å². The summed E-state index contributed by atoms with van der Waals surface area (Å²) in [5.41, 5.74) is 1.30. The largest absolute Gasteiger partial charge is 0.444 e. The zero-order chi connectivity index (χ0) is 15.0. The monoisotopic (exact) mass is 275 g/mol. The minimum absolute atomic E-state index is 0.407. The molecule has 0 saturated heterocycles. The third-order valence-corrected chi connectivity index (χ3v) is 2.26. The molecule has 5 heteroatoms. The van der Waals surface area contributed by atoms with Gasteiger partial charge < -0.3 is 15.4 Å². The number of aromatic nitrogens is 1. The van der Waals surface area contributed by atoms with Gasteiger partial charge in [-0.2, -0.15) is 0 Å². The zero-order valence-corrected chi connectivity index (χ0v) is 12.2. The van der Waals surface area contributed by atoms with Crippen LogP contribution in [0, 0.1) is 12.3 Å². The molecule has 20 heavy (non-hydrogen) atoms. The van der Waals surface area contributed by atoms with E-state index in [1.54, 1.807) is 12.4 Å². The van der Waals surface area contributed by atoms with Gasteiger partial charge in [0.2, 0.25) is 0 Å². The molecule has 1 heterocycles. The number of alkyl carbamates (subject to hydrolysis) is 1. The molecule has 1 aromatic heterocycles. The zero-order valence-electron chi connectivity index (χ0n) is 12.2. The third kappa shape index (κ3) is 6.76. The minimum Gasteiger partial charge on any atom is -0.444 e. The van der Waals surface area contributed by atoms with Crippen molar-refractivity contribution in [1.82, 2.24) is 15.6 Å². The number of nitrogens with one attached hydrogen (secondary N) is 2.